The molecule has 2 aromatic rings. The van der Waals surface area contributed by atoms with Crippen LogP contribution in [0.4, 0.5) is 9.18 Å². The third kappa shape index (κ3) is 4.44. The number of halogens is 1. The molecular weight excluding hydrogens is 413 g/mol. The zero-order valence-corrected chi connectivity index (χ0v) is 17.9. The number of ether oxygens (including phenoxy) is 1. The Hall–Kier alpha value is -3.42. The summed E-state index contributed by atoms with van der Waals surface area (Å²) in [6, 6.07) is 12.3. The molecule has 168 valence electrons. The van der Waals surface area contributed by atoms with Crippen LogP contribution in [0.2, 0.25) is 0 Å². The van der Waals surface area contributed by atoms with Gasteiger partial charge in [-0.15, -0.1) is 0 Å². The lowest BCUT2D eigenvalue weighted by Gasteiger charge is -2.36. The molecule has 1 aliphatic heterocycles. The van der Waals surface area contributed by atoms with E-state index in [1.165, 1.54) is 24.3 Å². The van der Waals surface area contributed by atoms with Gasteiger partial charge >= 0.3 is 6.03 Å². The lowest BCUT2D eigenvalue weighted by Crippen LogP contribution is -2.54. The summed E-state index contributed by atoms with van der Waals surface area (Å²) in [5, 5.41) is 5.60. The number of nitrogens with zero attached hydrogens (tertiary/aromatic N) is 1. The van der Waals surface area contributed by atoms with E-state index in [1.807, 2.05) is 6.92 Å². The van der Waals surface area contributed by atoms with Gasteiger partial charge in [0, 0.05) is 6.54 Å². The standard InChI is InChI=1S/C24H26FN3O4/c1-16-4-2-3-13-24(16)22(30)28(23(31)27-24)15-21(29)26-14-17-5-9-19(10-6-17)32-20-11-7-18(25)8-12-20/h5-12,16H,2-4,13-15H2,1H3,(H,26,29)(H,27,31)/t16-,24-/m0/s1. The van der Waals surface area contributed by atoms with Gasteiger partial charge in [-0.25, -0.2) is 9.18 Å². The van der Waals surface area contributed by atoms with E-state index in [1.54, 1.807) is 24.3 Å². The predicted octanol–water partition coefficient (Wildman–Crippen LogP) is 3.73. The highest BCUT2D eigenvalue weighted by atomic mass is 19.1. The Bertz CT molecular complexity index is 1010. The molecular formula is C24H26FN3O4. The zero-order valence-electron chi connectivity index (χ0n) is 17.9. The first-order chi connectivity index (χ1) is 15.4. The Balaban J connectivity index is 1.30. The molecule has 2 N–H and O–H groups in total. The van der Waals surface area contributed by atoms with Gasteiger partial charge in [-0.3, -0.25) is 14.5 Å². The van der Waals surface area contributed by atoms with Crippen molar-refractivity contribution < 1.29 is 23.5 Å². The molecule has 1 spiro atoms. The average molecular weight is 439 g/mol. The number of hydrogen-bond acceptors (Lipinski definition) is 4. The lowest BCUT2D eigenvalue weighted by atomic mass is 9.73. The number of amides is 4. The second-order valence-electron chi connectivity index (χ2n) is 8.42. The van der Waals surface area contributed by atoms with Crippen LogP contribution in [-0.4, -0.2) is 34.8 Å². The van der Waals surface area contributed by atoms with Gasteiger partial charge in [0.2, 0.25) is 5.91 Å². The molecule has 8 heteroatoms. The monoisotopic (exact) mass is 439 g/mol. The van der Waals surface area contributed by atoms with E-state index >= 15 is 0 Å². The van der Waals surface area contributed by atoms with Crippen molar-refractivity contribution in [3.63, 3.8) is 0 Å². The average Bonchev–Trinajstić information content (AvgIpc) is 3.02. The van der Waals surface area contributed by atoms with E-state index in [0.29, 0.717) is 17.9 Å². The number of hydrogen-bond donors (Lipinski definition) is 2. The van der Waals surface area contributed by atoms with Gasteiger partial charge in [-0.1, -0.05) is 31.9 Å². The van der Waals surface area contributed by atoms with E-state index in [4.69, 9.17) is 4.74 Å². The van der Waals surface area contributed by atoms with Gasteiger partial charge in [0.05, 0.1) is 0 Å². The van der Waals surface area contributed by atoms with Crippen molar-refractivity contribution in [2.24, 2.45) is 5.92 Å². The first-order valence-electron chi connectivity index (χ1n) is 10.8. The minimum atomic E-state index is -0.865. The van der Waals surface area contributed by atoms with Crippen molar-refractivity contribution in [2.75, 3.05) is 6.54 Å². The minimum Gasteiger partial charge on any atom is -0.457 e. The molecule has 1 saturated carbocycles. The molecule has 1 heterocycles. The number of urea groups is 1. The second kappa shape index (κ2) is 8.98. The molecule has 2 atom stereocenters. The lowest BCUT2D eigenvalue weighted by molar-refractivity contribution is -0.137. The van der Waals surface area contributed by atoms with E-state index < -0.39 is 17.5 Å². The normalized spacial score (nSPS) is 22.7. The van der Waals surface area contributed by atoms with Crippen LogP contribution in [0.5, 0.6) is 11.5 Å². The van der Waals surface area contributed by atoms with Crippen molar-refractivity contribution in [3.8, 4) is 11.5 Å². The molecule has 0 unspecified atom stereocenters. The number of benzene rings is 2. The number of carbonyl (C=O) groups excluding carboxylic acids is 3. The Labute approximate surface area is 185 Å². The molecule has 4 rings (SSSR count). The third-order valence-electron chi connectivity index (χ3n) is 6.27. The van der Waals surface area contributed by atoms with Crippen molar-refractivity contribution >= 4 is 17.8 Å². The molecule has 4 amide bonds. The van der Waals surface area contributed by atoms with Crippen LogP contribution < -0.4 is 15.4 Å². The largest absolute Gasteiger partial charge is 0.457 e. The van der Waals surface area contributed by atoms with Crippen LogP contribution in [0.15, 0.2) is 48.5 Å². The van der Waals surface area contributed by atoms with E-state index in [9.17, 15) is 18.8 Å². The van der Waals surface area contributed by atoms with Crippen molar-refractivity contribution in [3.05, 3.63) is 59.9 Å². The van der Waals surface area contributed by atoms with Gasteiger partial charge in [0.25, 0.3) is 5.91 Å². The molecule has 2 fully saturated rings. The number of carbonyl (C=O) groups is 3. The summed E-state index contributed by atoms with van der Waals surface area (Å²) in [5.41, 5.74) is -0.0324. The molecule has 2 aromatic carbocycles. The van der Waals surface area contributed by atoms with Crippen molar-refractivity contribution in [1.82, 2.24) is 15.5 Å². The smallest absolute Gasteiger partial charge is 0.325 e. The molecule has 1 aliphatic carbocycles. The summed E-state index contributed by atoms with van der Waals surface area (Å²) >= 11 is 0. The molecule has 0 aromatic heterocycles. The van der Waals surface area contributed by atoms with Crippen LogP contribution in [0.1, 0.15) is 38.2 Å². The van der Waals surface area contributed by atoms with Crippen LogP contribution in [-0.2, 0) is 16.1 Å². The quantitative estimate of drug-likeness (QED) is 0.672. The van der Waals surface area contributed by atoms with E-state index in [0.717, 1.165) is 29.7 Å². The topological polar surface area (TPSA) is 87.7 Å². The van der Waals surface area contributed by atoms with E-state index in [2.05, 4.69) is 10.6 Å². The summed E-state index contributed by atoms with van der Waals surface area (Å²) in [7, 11) is 0. The predicted molar refractivity (Wildman–Crippen MR) is 115 cm³/mol. The Morgan fingerprint density at radius 2 is 1.78 bits per heavy atom. The highest BCUT2D eigenvalue weighted by molar-refractivity contribution is 6.09. The van der Waals surface area contributed by atoms with Crippen LogP contribution in [0.3, 0.4) is 0 Å². The van der Waals surface area contributed by atoms with Crippen molar-refractivity contribution in [1.29, 1.82) is 0 Å². The summed E-state index contributed by atoms with van der Waals surface area (Å²) in [6.45, 7) is 1.93. The fourth-order valence-electron chi connectivity index (χ4n) is 4.35. The first kappa shape index (κ1) is 21.8. The fraction of sp³-hybridized carbons (Fsp3) is 0.375. The van der Waals surface area contributed by atoms with Crippen molar-refractivity contribution in [2.45, 2.75) is 44.7 Å². The molecule has 2 aliphatic rings. The molecule has 7 nitrogen and oxygen atoms in total. The first-order valence-corrected chi connectivity index (χ1v) is 10.8. The molecule has 0 radical (unpaired) electrons. The second-order valence-corrected chi connectivity index (χ2v) is 8.42. The van der Waals surface area contributed by atoms with E-state index in [-0.39, 0.29) is 30.7 Å². The van der Waals surface area contributed by atoms with Gasteiger partial charge in [0.1, 0.15) is 29.4 Å². The summed E-state index contributed by atoms with van der Waals surface area (Å²) in [5.74, 6) is 0.119. The van der Waals surface area contributed by atoms with Gasteiger partial charge in [-0.2, -0.15) is 0 Å². The number of imide groups is 1. The SMILES string of the molecule is C[C@H]1CCCC[C@]12NC(=O)N(CC(=O)NCc1ccc(Oc3ccc(F)cc3)cc1)C2=O. The highest BCUT2D eigenvalue weighted by Gasteiger charge is 2.55. The summed E-state index contributed by atoms with van der Waals surface area (Å²) in [4.78, 5) is 38.8. The summed E-state index contributed by atoms with van der Waals surface area (Å²) in [6.07, 6.45) is 3.42. The minimum absolute atomic E-state index is 0.0522. The number of nitrogens with one attached hydrogen (secondary N) is 2. The van der Waals surface area contributed by atoms with Gasteiger partial charge in [-0.05, 0) is 60.7 Å². The van der Waals surface area contributed by atoms with Gasteiger partial charge in [0.15, 0.2) is 0 Å². The van der Waals surface area contributed by atoms with Gasteiger partial charge < -0.3 is 15.4 Å². The number of rotatable bonds is 6. The Kier molecular flexibility index (Phi) is 6.12. The molecule has 32 heavy (non-hydrogen) atoms. The molecule has 1 saturated heterocycles. The Morgan fingerprint density at radius 3 is 2.44 bits per heavy atom. The Morgan fingerprint density at radius 1 is 1.12 bits per heavy atom. The maximum absolute atomic E-state index is 13.0. The van der Waals surface area contributed by atoms with Crippen LogP contribution in [0, 0.1) is 11.7 Å². The van der Waals surface area contributed by atoms with Crippen LogP contribution in [0.25, 0.3) is 0 Å². The zero-order chi connectivity index (χ0) is 22.7. The fourth-order valence-corrected chi connectivity index (χ4v) is 4.35. The highest BCUT2D eigenvalue weighted by Crippen LogP contribution is 2.38. The third-order valence-corrected chi connectivity index (χ3v) is 6.27. The van der Waals surface area contributed by atoms with Crippen LogP contribution >= 0.6 is 0 Å². The maximum atomic E-state index is 13.0. The maximum Gasteiger partial charge on any atom is 0.325 e. The molecule has 0 bridgehead atoms. The summed E-state index contributed by atoms with van der Waals surface area (Å²) < 4.78 is 18.6.